The third-order valence-corrected chi connectivity index (χ3v) is 5.20. The first-order chi connectivity index (χ1) is 11.3. The SMILES string of the molecule is COc1ccc(S(=O)(=O)CCC(=O)Nc2cccc(F)c2)cc1Cl. The molecule has 5 nitrogen and oxygen atoms in total. The lowest BCUT2D eigenvalue weighted by atomic mass is 10.3. The van der Waals surface area contributed by atoms with Crippen LogP contribution in [-0.2, 0) is 14.6 Å². The van der Waals surface area contributed by atoms with E-state index in [1.165, 1.54) is 43.5 Å². The Morgan fingerprint density at radius 2 is 2.00 bits per heavy atom. The average molecular weight is 372 g/mol. The van der Waals surface area contributed by atoms with E-state index in [0.29, 0.717) is 5.75 Å². The van der Waals surface area contributed by atoms with E-state index in [9.17, 15) is 17.6 Å². The number of benzene rings is 2. The lowest BCUT2D eigenvalue weighted by Crippen LogP contribution is -2.17. The van der Waals surface area contributed by atoms with Gasteiger partial charge in [0.25, 0.3) is 0 Å². The molecule has 2 aromatic carbocycles. The van der Waals surface area contributed by atoms with Crippen LogP contribution in [0.2, 0.25) is 5.02 Å². The maximum atomic E-state index is 13.0. The number of carbonyl (C=O) groups excluding carboxylic acids is 1. The van der Waals surface area contributed by atoms with Gasteiger partial charge in [0.05, 0.1) is 22.8 Å². The lowest BCUT2D eigenvalue weighted by Gasteiger charge is -2.08. The molecule has 0 aliphatic heterocycles. The largest absolute Gasteiger partial charge is 0.495 e. The predicted molar refractivity (Wildman–Crippen MR) is 89.7 cm³/mol. The van der Waals surface area contributed by atoms with E-state index in [1.54, 1.807) is 0 Å². The summed E-state index contributed by atoms with van der Waals surface area (Å²) in [4.78, 5) is 11.8. The van der Waals surface area contributed by atoms with Crippen LogP contribution in [0.5, 0.6) is 5.75 Å². The van der Waals surface area contributed by atoms with Gasteiger partial charge in [0.2, 0.25) is 5.91 Å². The van der Waals surface area contributed by atoms with Gasteiger partial charge < -0.3 is 10.1 Å². The molecule has 0 fully saturated rings. The van der Waals surface area contributed by atoms with E-state index < -0.39 is 27.3 Å². The van der Waals surface area contributed by atoms with Gasteiger partial charge in [-0.05, 0) is 36.4 Å². The van der Waals surface area contributed by atoms with E-state index in [4.69, 9.17) is 16.3 Å². The topological polar surface area (TPSA) is 72.5 Å². The number of carbonyl (C=O) groups is 1. The molecule has 2 aromatic rings. The first kappa shape index (κ1) is 18.2. The molecule has 1 N–H and O–H groups in total. The molecule has 1 amide bonds. The van der Waals surface area contributed by atoms with E-state index in [2.05, 4.69) is 5.32 Å². The Balaban J connectivity index is 2.02. The van der Waals surface area contributed by atoms with Crippen LogP contribution in [0.25, 0.3) is 0 Å². The van der Waals surface area contributed by atoms with Gasteiger partial charge >= 0.3 is 0 Å². The predicted octanol–water partition coefficient (Wildman–Crippen LogP) is 3.29. The Kier molecular flexibility index (Phi) is 5.80. The number of hydrogen-bond donors (Lipinski definition) is 1. The summed E-state index contributed by atoms with van der Waals surface area (Å²) in [5.41, 5.74) is 0.268. The number of halogens is 2. The molecular formula is C16H15ClFNO4S. The standard InChI is InChI=1S/C16H15ClFNO4S/c1-23-15-6-5-13(10-14(15)17)24(21,22)8-7-16(20)19-12-4-2-3-11(18)9-12/h2-6,9-10H,7-8H2,1H3,(H,19,20). The van der Waals surface area contributed by atoms with Crippen molar-refractivity contribution in [3.63, 3.8) is 0 Å². The molecule has 24 heavy (non-hydrogen) atoms. The highest BCUT2D eigenvalue weighted by molar-refractivity contribution is 7.91. The number of amides is 1. The molecule has 0 heterocycles. The second-order valence-corrected chi connectivity index (χ2v) is 7.44. The minimum Gasteiger partial charge on any atom is -0.495 e. The quantitative estimate of drug-likeness (QED) is 0.845. The number of anilines is 1. The molecule has 0 saturated carbocycles. The zero-order valence-electron chi connectivity index (χ0n) is 12.8. The van der Waals surface area contributed by atoms with Crippen molar-refractivity contribution in [2.45, 2.75) is 11.3 Å². The van der Waals surface area contributed by atoms with Gasteiger partial charge in [-0.1, -0.05) is 17.7 Å². The Morgan fingerprint density at radius 3 is 2.62 bits per heavy atom. The summed E-state index contributed by atoms with van der Waals surface area (Å²) >= 11 is 5.92. The average Bonchev–Trinajstić information content (AvgIpc) is 2.53. The van der Waals surface area contributed by atoms with Crippen LogP contribution in [0.4, 0.5) is 10.1 Å². The molecular weight excluding hydrogens is 357 g/mol. The van der Waals surface area contributed by atoms with Gasteiger partial charge in [-0.15, -0.1) is 0 Å². The molecule has 0 saturated heterocycles. The molecule has 0 aliphatic rings. The molecule has 0 atom stereocenters. The number of sulfone groups is 1. The second-order valence-electron chi connectivity index (χ2n) is 4.92. The summed E-state index contributed by atoms with van der Waals surface area (Å²) in [5, 5.41) is 2.62. The highest BCUT2D eigenvalue weighted by atomic mass is 35.5. The van der Waals surface area contributed by atoms with Crippen LogP contribution in [-0.4, -0.2) is 27.2 Å². The van der Waals surface area contributed by atoms with Crippen LogP contribution in [0.3, 0.4) is 0 Å². The number of ether oxygens (including phenoxy) is 1. The van der Waals surface area contributed by atoms with E-state index in [-0.39, 0.29) is 22.0 Å². The van der Waals surface area contributed by atoms with Crippen molar-refractivity contribution < 1.29 is 22.3 Å². The van der Waals surface area contributed by atoms with Gasteiger partial charge in [-0.2, -0.15) is 0 Å². The second kappa shape index (κ2) is 7.63. The van der Waals surface area contributed by atoms with Crippen molar-refractivity contribution in [3.8, 4) is 5.75 Å². The summed E-state index contributed by atoms with van der Waals surface area (Å²) in [6, 6.07) is 9.44. The maximum absolute atomic E-state index is 13.0. The van der Waals surface area contributed by atoms with Crippen molar-refractivity contribution >= 4 is 33.0 Å². The fourth-order valence-corrected chi connectivity index (χ4v) is 3.56. The highest BCUT2D eigenvalue weighted by Gasteiger charge is 2.18. The lowest BCUT2D eigenvalue weighted by molar-refractivity contribution is -0.115. The first-order valence-corrected chi connectivity index (χ1v) is 8.96. The molecule has 0 aliphatic carbocycles. The summed E-state index contributed by atoms with van der Waals surface area (Å²) < 4.78 is 42.5. The van der Waals surface area contributed by atoms with Gasteiger partial charge in [-0.3, -0.25) is 4.79 Å². The van der Waals surface area contributed by atoms with Crippen molar-refractivity contribution in [3.05, 3.63) is 53.3 Å². The zero-order chi connectivity index (χ0) is 17.7. The number of methoxy groups -OCH3 is 1. The van der Waals surface area contributed by atoms with Gasteiger partial charge in [0.15, 0.2) is 9.84 Å². The Bertz CT molecular complexity index is 855. The fraction of sp³-hybridized carbons (Fsp3) is 0.188. The van der Waals surface area contributed by atoms with Crippen LogP contribution in [0, 0.1) is 5.82 Å². The van der Waals surface area contributed by atoms with Crippen molar-refractivity contribution in [1.82, 2.24) is 0 Å². The first-order valence-electron chi connectivity index (χ1n) is 6.93. The number of nitrogens with one attached hydrogen (secondary N) is 1. The normalized spacial score (nSPS) is 11.1. The molecule has 0 unspecified atom stereocenters. The third-order valence-electron chi connectivity index (χ3n) is 3.19. The van der Waals surface area contributed by atoms with Crippen molar-refractivity contribution in [2.75, 3.05) is 18.2 Å². The zero-order valence-corrected chi connectivity index (χ0v) is 14.3. The molecule has 0 radical (unpaired) electrons. The minimum absolute atomic E-state index is 0.00635. The van der Waals surface area contributed by atoms with Crippen molar-refractivity contribution in [2.24, 2.45) is 0 Å². The smallest absolute Gasteiger partial charge is 0.225 e. The molecule has 0 bridgehead atoms. The van der Waals surface area contributed by atoms with Gasteiger partial charge in [-0.25, -0.2) is 12.8 Å². The number of rotatable bonds is 6. The molecule has 0 spiro atoms. The molecule has 128 valence electrons. The summed E-state index contributed by atoms with van der Waals surface area (Å²) in [5.74, 6) is -1.05. The van der Waals surface area contributed by atoms with Gasteiger partial charge in [0.1, 0.15) is 11.6 Å². The van der Waals surface area contributed by atoms with E-state index in [1.807, 2.05) is 0 Å². The molecule has 8 heteroatoms. The highest BCUT2D eigenvalue weighted by Crippen LogP contribution is 2.27. The minimum atomic E-state index is -3.68. The van der Waals surface area contributed by atoms with E-state index in [0.717, 1.165) is 6.07 Å². The van der Waals surface area contributed by atoms with Gasteiger partial charge in [0, 0.05) is 12.1 Å². The van der Waals surface area contributed by atoms with Crippen LogP contribution in [0.1, 0.15) is 6.42 Å². The summed E-state index contributed by atoms with van der Waals surface area (Å²) in [6.45, 7) is 0. The fourth-order valence-electron chi connectivity index (χ4n) is 1.98. The Labute approximate surface area is 144 Å². The van der Waals surface area contributed by atoms with Crippen LogP contribution in [0.15, 0.2) is 47.4 Å². The van der Waals surface area contributed by atoms with Crippen LogP contribution < -0.4 is 10.1 Å². The Morgan fingerprint density at radius 1 is 1.25 bits per heavy atom. The molecule has 2 rings (SSSR count). The summed E-state index contributed by atoms with van der Waals surface area (Å²) in [7, 11) is -2.26. The van der Waals surface area contributed by atoms with Crippen molar-refractivity contribution in [1.29, 1.82) is 0 Å². The number of hydrogen-bond acceptors (Lipinski definition) is 4. The third kappa shape index (κ3) is 4.69. The Hall–Kier alpha value is -2.12. The molecule has 0 aromatic heterocycles. The van der Waals surface area contributed by atoms with E-state index >= 15 is 0 Å². The van der Waals surface area contributed by atoms with Crippen LogP contribution >= 0.6 is 11.6 Å². The summed E-state index contributed by atoms with van der Waals surface area (Å²) in [6.07, 6.45) is -0.261. The maximum Gasteiger partial charge on any atom is 0.225 e. The monoisotopic (exact) mass is 371 g/mol.